The van der Waals surface area contributed by atoms with Crippen molar-refractivity contribution in [2.75, 3.05) is 40.1 Å². The zero-order valence-electron chi connectivity index (χ0n) is 17.1. The second-order valence-corrected chi connectivity index (χ2v) is 6.58. The molecule has 1 aliphatic heterocycles. The third kappa shape index (κ3) is 6.04. The molecule has 0 aliphatic carbocycles. The third-order valence-corrected chi connectivity index (χ3v) is 4.30. The maximum atomic E-state index is 12.3. The number of esters is 1. The summed E-state index contributed by atoms with van der Waals surface area (Å²) in [7, 11) is 1.64. The SMILES string of the molecule is CCOc1ccc(OCC(=O)OCC(=O)N(C)Cc2ccc3c(c2)OCCO3)cc1. The fourth-order valence-corrected chi connectivity index (χ4v) is 2.78. The summed E-state index contributed by atoms with van der Waals surface area (Å²) < 4.78 is 26.8. The van der Waals surface area contributed by atoms with Crippen LogP contribution in [0.2, 0.25) is 0 Å². The Morgan fingerprint density at radius 2 is 1.60 bits per heavy atom. The summed E-state index contributed by atoms with van der Waals surface area (Å²) in [5, 5.41) is 0. The monoisotopic (exact) mass is 415 g/mol. The van der Waals surface area contributed by atoms with E-state index in [1.807, 2.05) is 25.1 Å². The Kier molecular flexibility index (Phi) is 7.37. The summed E-state index contributed by atoms with van der Waals surface area (Å²) in [4.78, 5) is 25.6. The van der Waals surface area contributed by atoms with Gasteiger partial charge in [-0.25, -0.2) is 4.79 Å². The van der Waals surface area contributed by atoms with E-state index in [-0.39, 0.29) is 19.1 Å². The molecule has 0 spiro atoms. The molecule has 1 aliphatic rings. The summed E-state index contributed by atoms with van der Waals surface area (Å²) in [6.07, 6.45) is 0. The normalized spacial score (nSPS) is 12.1. The van der Waals surface area contributed by atoms with Crippen LogP contribution in [-0.4, -0.2) is 56.9 Å². The molecule has 2 aromatic rings. The Morgan fingerprint density at radius 3 is 2.30 bits per heavy atom. The highest BCUT2D eigenvalue weighted by Crippen LogP contribution is 2.31. The Bertz CT molecular complexity index is 866. The first-order valence-electron chi connectivity index (χ1n) is 9.69. The van der Waals surface area contributed by atoms with Crippen molar-refractivity contribution < 1.29 is 33.3 Å². The van der Waals surface area contributed by atoms with E-state index in [0.29, 0.717) is 43.6 Å². The molecule has 0 aromatic heterocycles. The Morgan fingerprint density at radius 1 is 0.933 bits per heavy atom. The minimum atomic E-state index is -0.620. The van der Waals surface area contributed by atoms with Crippen LogP contribution in [-0.2, 0) is 20.9 Å². The topological polar surface area (TPSA) is 83.5 Å². The number of rotatable bonds is 9. The molecule has 0 unspecified atom stereocenters. The minimum Gasteiger partial charge on any atom is -0.494 e. The van der Waals surface area contributed by atoms with Crippen LogP contribution < -0.4 is 18.9 Å². The van der Waals surface area contributed by atoms with Gasteiger partial charge < -0.3 is 28.6 Å². The van der Waals surface area contributed by atoms with Crippen LogP contribution in [0.4, 0.5) is 0 Å². The first kappa shape index (κ1) is 21.3. The van der Waals surface area contributed by atoms with Gasteiger partial charge in [0.2, 0.25) is 0 Å². The lowest BCUT2D eigenvalue weighted by atomic mass is 10.2. The Balaban J connectivity index is 1.40. The molecule has 0 fully saturated rings. The third-order valence-electron chi connectivity index (χ3n) is 4.30. The van der Waals surface area contributed by atoms with Gasteiger partial charge in [-0.15, -0.1) is 0 Å². The summed E-state index contributed by atoms with van der Waals surface area (Å²) in [6, 6.07) is 12.4. The van der Waals surface area contributed by atoms with Crippen LogP contribution in [0.1, 0.15) is 12.5 Å². The van der Waals surface area contributed by atoms with Gasteiger partial charge in [-0.3, -0.25) is 4.79 Å². The lowest BCUT2D eigenvalue weighted by molar-refractivity contribution is -0.153. The number of likely N-dealkylation sites (N-methyl/N-ethyl adjacent to an activating group) is 1. The molecule has 3 rings (SSSR count). The largest absolute Gasteiger partial charge is 0.494 e. The molecular formula is C22H25NO7. The maximum absolute atomic E-state index is 12.3. The van der Waals surface area contributed by atoms with Crippen LogP contribution in [0.25, 0.3) is 0 Å². The molecular weight excluding hydrogens is 390 g/mol. The van der Waals surface area contributed by atoms with Gasteiger partial charge in [0.15, 0.2) is 24.7 Å². The number of hydrogen-bond acceptors (Lipinski definition) is 7. The zero-order valence-corrected chi connectivity index (χ0v) is 17.1. The lowest BCUT2D eigenvalue weighted by Crippen LogP contribution is -2.31. The van der Waals surface area contributed by atoms with Crippen molar-refractivity contribution in [2.45, 2.75) is 13.5 Å². The van der Waals surface area contributed by atoms with Gasteiger partial charge >= 0.3 is 5.97 Å². The van der Waals surface area contributed by atoms with E-state index in [0.717, 1.165) is 11.3 Å². The highest BCUT2D eigenvalue weighted by atomic mass is 16.6. The molecule has 0 atom stereocenters. The van der Waals surface area contributed by atoms with Crippen LogP contribution in [0.15, 0.2) is 42.5 Å². The van der Waals surface area contributed by atoms with E-state index in [2.05, 4.69) is 0 Å². The molecule has 2 aromatic carbocycles. The van der Waals surface area contributed by atoms with E-state index in [1.165, 1.54) is 4.90 Å². The molecule has 0 radical (unpaired) electrons. The van der Waals surface area contributed by atoms with Crippen molar-refractivity contribution in [3.63, 3.8) is 0 Å². The van der Waals surface area contributed by atoms with Crippen molar-refractivity contribution >= 4 is 11.9 Å². The van der Waals surface area contributed by atoms with Gasteiger partial charge in [-0.05, 0) is 48.9 Å². The van der Waals surface area contributed by atoms with Crippen molar-refractivity contribution in [1.29, 1.82) is 0 Å². The summed E-state index contributed by atoms with van der Waals surface area (Å²) in [5.41, 5.74) is 0.889. The van der Waals surface area contributed by atoms with Crippen molar-refractivity contribution in [3.8, 4) is 23.0 Å². The average Bonchev–Trinajstić information content (AvgIpc) is 2.77. The van der Waals surface area contributed by atoms with E-state index < -0.39 is 5.97 Å². The number of carbonyl (C=O) groups excluding carboxylic acids is 2. The minimum absolute atomic E-state index is 0.285. The first-order valence-corrected chi connectivity index (χ1v) is 9.69. The molecule has 8 nitrogen and oxygen atoms in total. The first-order chi connectivity index (χ1) is 14.5. The van der Waals surface area contributed by atoms with Crippen molar-refractivity contribution in [1.82, 2.24) is 4.90 Å². The van der Waals surface area contributed by atoms with E-state index in [4.69, 9.17) is 23.7 Å². The van der Waals surface area contributed by atoms with Crippen molar-refractivity contribution in [2.24, 2.45) is 0 Å². The van der Waals surface area contributed by atoms with Gasteiger partial charge in [-0.2, -0.15) is 0 Å². The standard InChI is InChI=1S/C22H25NO7/c1-3-26-17-5-7-18(8-6-17)29-15-22(25)30-14-21(24)23(2)13-16-4-9-19-20(12-16)28-11-10-27-19/h4-9,12H,3,10-11,13-15H2,1-2H3. The number of amides is 1. The zero-order chi connectivity index (χ0) is 21.3. The number of nitrogens with zero attached hydrogens (tertiary/aromatic N) is 1. The van der Waals surface area contributed by atoms with Gasteiger partial charge in [0.25, 0.3) is 5.91 Å². The predicted octanol–water partition coefficient (Wildman–Crippen LogP) is 2.44. The van der Waals surface area contributed by atoms with Gasteiger partial charge in [0, 0.05) is 13.6 Å². The smallest absolute Gasteiger partial charge is 0.344 e. The molecule has 0 bridgehead atoms. The second-order valence-electron chi connectivity index (χ2n) is 6.58. The van der Waals surface area contributed by atoms with E-state index in [1.54, 1.807) is 31.3 Å². The molecule has 0 N–H and O–H groups in total. The number of hydrogen-bond donors (Lipinski definition) is 0. The number of fused-ring (bicyclic) bond motifs is 1. The molecule has 8 heteroatoms. The van der Waals surface area contributed by atoms with E-state index >= 15 is 0 Å². The highest BCUT2D eigenvalue weighted by Gasteiger charge is 2.16. The van der Waals surface area contributed by atoms with Crippen LogP contribution in [0.3, 0.4) is 0 Å². The Labute approximate surface area is 175 Å². The second kappa shape index (κ2) is 10.4. The van der Waals surface area contributed by atoms with Gasteiger partial charge in [0.1, 0.15) is 24.7 Å². The van der Waals surface area contributed by atoms with Crippen LogP contribution >= 0.6 is 0 Å². The maximum Gasteiger partial charge on any atom is 0.344 e. The molecule has 0 saturated heterocycles. The van der Waals surface area contributed by atoms with E-state index in [9.17, 15) is 9.59 Å². The summed E-state index contributed by atoms with van der Waals surface area (Å²) >= 11 is 0. The molecule has 1 amide bonds. The summed E-state index contributed by atoms with van der Waals surface area (Å²) in [5.74, 6) is 1.65. The lowest BCUT2D eigenvalue weighted by Gasteiger charge is -2.21. The summed E-state index contributed by atoms with van der Waals surface area (Å²) in [6.45, 7) is 3.22. The van der Waals surface area contributed by atoms with Gasteiger partial charge in [0.05, 0.1) is 6.61 Å². The number of carbonyl (C=O) groups is 2. The fourth-order valence-electron chi connectivity index (χ4n) is 2.78. The molecule has 0 saturated carbocycles. The molecule has 30 heavy (non-hydrogen) atoms. The van der Waals surface area contributed by atoms with Crippen LogP contribution in [0.5, 0.6) is 23.0 Å². The van der Waals surface area contributed by atoms with Crippen LogP contribution in [0, 0.1) is 0 Å². The predicted molar refractivity (Wildman–Crippen MR) is 108 cm³/mol. The fraction of sp³-hybridized carbons (Fsp3) is 0.364. The van der Waals surface area contributed by atoms with Crippen molar-refractivity contribution in [3.05, 3.63) is 48.0 Å². The van der Waals surface area contributed by atoms with Gasteiger partial charge in [-0.1, -0.05) is 6.07 Å². The average molecular weight is 415 g/mol. The quantitative estimate of drug-likeness (QED) is 0.582. The Hall–Kier alpha value is -3.42. The molecule has 1 heterocycles. The highest BCUT2D eigenvalue weighted by molar-refractivity contribution is 5.80. The number of benzene rings is 2. The molecule has 160 valence electrons. The number of ether oxygens (including phenoxy) is 5.